The maximum Gasteiger partial charge on any atom is 0.308 e. The summed E-state index contributed by atoms with van der Waals surface area (Å²) in [6.45, 7) is 5.28. The zero-order valence-electron chi connectivity index (χ0n) is 14.5. The van der Waals surface area contributed by atoms with Crippen LogP contribution in [0.15, 0.2) is 34.3 Å². The van der Waals surface area contributed by atoms with Crippen molar-refractivity contribution in [2.45, 2.75) is 6.92 Å². The van der Waals surface area contributed by atoms with Crippen molar-refractivity contribution in [3.8, 4) is 5.75 Å². The van der Waals surface area contributed by atoms with Crippen molar-refractivity contribution in [1.29, 1.82) is 0 Å². The number of amidine groups is 1. The average molecular weight is 362 g/mol. The van der Waals surface area contributed by atoms with Crippen LogP contribution in [0, 0.1) is 0 Å². The molecule has 0 atom stereocenters. The average Bonchev–Trinajstić information content (AvgIpc) is 3.01. The summed E-state index contributed by atoms with van der Waals surface area (Å²) in [5.74, 6) is 1.91. The van der Waals surface area contributed by atoms with Crippen LogP contribution in [0.5, 0.6) is 5.75 Å². The first-order valence-electron chi connectivity index (χ1n) is 8.24. The van der Waals surface area contributed by atoms with Gasteiger partial charge in [0.05, 0.1) is 18.9 Å². The third kappa shape index (κ3) is 4.96. The molecule has 2 heterocycles. The smallest absolute Gasteiger partial charge is 0.308 e. The minimum atomic E-state index is -0.335. The Morgan fingerprint density at radius 3 is 2.52 bits per heavy atom. The fourth-order valence-corrected chi connectivity index (χ4v) is 3.49. The van der Waals surface area contributed by atoms with E-state index in [9.17, 15) is 4.79 Å². The normalized spacial score (nSPS) is 20.2. The molecule has 0 radical (unpaired) electrons. The number of hydrogen-bond donors (Lipinski definition) is 0. The number of benzene rings is 1. The molecule has 0 bridgehead atoms. The zero-order valence-corrected chi connectivity index (χ0v) is 15.3. The van der Waals surface area contributed by atoms with Gasteiger partial charge in [0, 0.05) is 39.4 Å². The van der Waals surface area contributed by atoms with Gasteiger partial charge in [-0.3, -0.25) is 4.79 Å². The molecule has 2 fully saturated rings. The molecule has 0 unspecified atom stereocenters. The van der Waals surface area contributed by atoms with Crippen molar-refractivity contribution in [1.82, 2.24) is 9.80 Å². The molecule has 0 saturated carbocycles. The lowest BCUT2D eigenvalue weighted by atomic mass is 10.3. The lowest BCUT2D eigenvalue weighted by molar-refractivity contribution is -0.131. The number of esters is 1. The molecule has 0 amide bonds. The number of thioether (sulfide) groups is 1. The number of hydrogen-bond acceptors (Lipinski definition) is 5. The second-order valence-electron chi connectivity index (χ2n) is 5.76. The third-order valence-electron chi connectivity index (χ3n) is 3.80. The molecular weight excluding hydrogens is 340 g/mol. The summed E-state index contributed by atoms with van der Waals surface area (Å²) in [7, 11) is 2.05. The van der Waals surface area contributed by atoms with Gasteiger partial charge in [0.1, 0.15) is 5.75 Å². The number of rotatable bonds is 2. The first kappa shape index (κ1) is 17.8. The van der Waals surface area contributed by atoms with E-state index in [-0.39, 0.29) is 5.97 Å². The minimum Gasteiger partial charge on any atom is -0.427 e. The van der Waals surface area contributed by atoms with Crippen LogP contribution in [-0.2, 0) is 9.53 Å². The predicted octanol–water partition coefficient (Wildman–Crippen LogP) is 1.97. The summed E-state index contributed by atoms with van der Waals surface area (Å²) in [6, 6.07) is 7.12. The first-order valence-corrected chi connectivity index (χ1v) is 9.23. The maximum atomic E-state index is 11.0. The lowest BCUT2D eigenvalue weighted by Crippen LogP contribution is -2.40. The van der Waals surface area contributed by atoms with Crippen molar-refractivity contribution in [3.05, 3.63) is 24.3 Å². The second-order valence-corrected chi connectivity index (χ2v) is 6.83. The molecule has 0 aromatic heterocycles. The number of morpholine rings is 1. The molecule has 134 valence electrons. The fourth-order valence-electron chi connectivity index (χ4n) is 2.48. The van der Waals surface area contributed by atoms with E-state index in [0.29, 0.717) is 24.9 Å². The van der Waals surface area contributed by atoms with Crippen LogP contribution >= 0.6 is 11.8 Å². The Kier molecular flexibility index (Phi) is 5.93. The SMILES string of the molecule is CC(=O)Oc1ccc(N=C(N=C2SCCN2C)N2CCOCC2)cc1. The first-order chi connectivity index (χ1) is 12.1. The van der Waals surface area contributed by atoms with Gasteiger partial charge < -0.3 is 19.3 Å². The highest BCUT2D eigenvalue weighted by atomic mass is 32.2. The highest BCUT2D eigenvalue weighted by Crippen LogP contribution is 2.21. The standard InChI is InChI=1S/C17H22N4O3S/c1-13(22)24-15-5-3-14(4-6-15)18-16(21-7-10-23-11-8-21)19-17-20(2)9-12-25-17/h3-6H,7-12H2,1-2H3. The van der Waals surface area contributed by atoms with Crippen molar-refractivity contribution in [3.63, 3.8) is 0 Å². The minimum absolute atomic E-state index is 0.335. The summed E-state index contributed by atoms with van der Waals surface area (Å²) in [6.07, 6.45) is 0. The van der Waals surface area contributed by atoms with Crippen LogP contribution in [-0.4, -0.2) is 72.5 Å². The summed E-state index contributed by atoms with van der Waals surface area (Å²) in [5, 5.41) is 0.988. The summed E-state index contributed by atoms with van der Waals surface area (Å²) in [4.78, 5) is 24.8. The van der Waals surface area contributed by atoms with Gasteiger partial charge in [-0.15, -0.1) is 0 Å². The molecule has 0 spiro atoms. The zero-order chi connectivity index (χ0) is 17.6. The van der Waals surface area contributed by atoms with Crippen LogP contribution in [0.1, 0.15) is 6.92 Å². The Labute approximate surface area is 151 Å². The van der Waals surface area contributed by atoms with Crippen molar-refractivity contribution in [2.24, 2.45) is 9.98 Å². The Balaban J connectivity index is 1.84. The number of aliphatic imine (C=N–C) groups is 2. The molecule has 8 heteroatoms. The van der Waals surface area contributed by atoms with Crippen LogP contribution < -0.4 is 4.74 Å². The fraction of sp³-hybridized carbons (Fsp3) is 0.471. The van der Waals surface area contributed by atoms with Crippen LogP contribution in [0.4, 0.5) is 5.69 Å². The largest absolute Gasteiger partial charge is 0.427 e. The summed E-state index contributed by atoms with van der Waals surface area (Å²) in [5.41, 5.74) is 0.771. The van der Waals surface area contributed by atoms with Gasteiger partial charge in [0.2, 0.25) is 5.96 Å². The van der Waals surface area contributed by atoms with Gasteiger partial charge >= 0.3 is 5.97 Å². The number of carbonyl (C=O) groups is 1. The molecule has 2 aliphatic rings. The van der Waals surface area contributed by atoms with E-state index in [1.807, 2.05) is 19.2 Å². The quantitative estimate of drug-likeness (QED) is 0.347. The van der Waals surface area contributed by atoms with Crippen LogP contribution in [0.2, 0.25) is 0 Å². The molecule has 0 N–H and O–H groups in total. The van der Waals surface area contributed by atoms with Crippen molar-refractivity contribution >= 4 is 34.5 Å². The van der Waals surface area contributed by atoms with E-state index in [2.05, 4.69) is 9.80 Å². The Hall–Kier alpha value is -2.06. The van der Waals surface area contributed by atoms with Crippen LogP contribution in [0.25, 0.3) is 0 Å². The molecule has 0 aliphatic carbocycles. The van der Waals surface area contributed by atoms with E-state index in [1.54, 1.807) is 23.9 Å². The molecule has 25 heavy (non-hydrogen) atoms. The second kappa shape index (κ2) is 8.35. The number of ether oxygens (including phenoxy) is 2. The molecule has 3 rings (SSSR count). The molecule has 1 aromatic carbocycles. The van der Waals surface area contributed by atoms with Gasteiger partial charge in [0.15, 0.2) is 5.17 Å². The molecule has 1 aromatic rings. The molecule has 2 saturated heterocycles. The van der Waals surface area contributed by atoms with E-state index < -0.39 is 0 Å². The third-order valence-corrected chi connectivity index (χ3v) is 4.85. The maximum absolute atomic E-state index is 11.0. The van der Waals surface area contributed by atoms with Gasteiger partial charge in [-0.1, -0.05) is 11.8 Å². The summed E-state index contributed by atoms with van der Waals surface area (Å²) >= 11 is 1.74. The Morgan fingerprint density at radius 1 is 1.20 bits per heavy atom. The number of nitrogens with zero attached hydrogens (tertiary/aromatic N) is 4. The van der Waals surface area contributed by atoms with Gasteiger partial charge in [0.25, 0.3) is 0 Å². The lowest BCUT2D eigenvalue weighted by Gasteiger charge is -2.28. The molecule has 2 aliphatic heterocycles. The van der Waals surface area contributed by atoms with E-state index in [0.717, 1.165) is 36.2 Å². The molecule has 7 nitrogen and oxygen atoms in total. The van der Waals surface area contributed by atoms with Gasteiger partial charge in [-0.2, -0.15) is 4.99 Å². The number of guanidine groups is 1. The van der Waals surface area contributed by atoms with Gasteiger partial charge in [-0.25, -0.2) is 4.99 Å². The highest BCUT2D eigenvalue weighted by Gasteiger charge is 2.20. The van der Waals surface area contributed by atoms with E-state index in [4.69, 9.17) is 19.5 Å². The van der Waals surface area contributed by atoms with Gasteiger partial charge in [-0.05, 0) is 24.3 Å². The van der Waals surface area contributed by atoms with Crippen molar-refractivity contribution in [2.75, 3.05) is 45.6 Å². The highest BCUT2D eigenvalue weighted by molar-refractivity contribution is 8.14. The van der Waals surface area contributed by atoms with E-state index in [1.165, 1.54) is 6.92 Å². The predicted molar refractivity (Wildman–Crippen MR) is 99.8 cm³/mol. The Morgan fingerprint density at radius 2 is 1.92 bits per heavy atom. The molecular formula is C17H22N4O3S. The van der Waals surface area contributed by atoms with Crippen molar-refractivity contribution < 1.29 is 14.3 Å². The van der Waals surface area contributed by atoms with E-state index >= 15 is 0 Å². The Bertz CT molecular complexity index is 669. The monoisotopic (exact) mass is 362 g/mol. The number of carbonyl (C=O) groups excluding carboxylic acids is 1. The summed E-state index contributed by atoms with van der Waals surface area (Å²) < 4.78 is 10.5. The van der Waals surface area contributed by atoms with Crippen LogP contribution in [0.3, 0.4) is 0 Å². The topological polar surface area (TPSA) is 66.7 Å².